The Labute approximate surface area is 168 Å². The normalized spacial score (nSPS) is 12.3. The van der Waals surface area contributed by atoms with Gasteiger partial charge in [0.25, 0.3) is 0 Å². The zero-order valence-electron chi connectivity index (χ0n) is 18.2. The second-order valence-electron chi connectivity index (χ2n) is 7.70. The topological polar surface area (TPSA) is 55.8 Å². The highest BCUT2D eigenvalue weighted by atomic mass is 16.6. The molecule has 0 heterocycles. The number of aliphatic hydroxyl groups excluding tert-OH is 1. The number of hydrogen-bond donors (Lipinski definition) is 1. The van der Waals surface area contributed by atoms with Crippen LogP contribution in [-0.2, 0) is 14.3 Å². The van der Waals surface area contributed by atoms with Crippen LogP contribution in [0, 0.1) is 0 Å². The number of aliphatic hydroxyl groups is 1. The van der Waals surface area contributed by atoms with Crippen molar-refractivity contribution in [2.75, 3.05) is 19.8 Å². The second kappa shape index (κ2) is 21.7. The van der Waals surface area contributed by atoms with Gasteiger partial charge in [-0.25, -0.2) is 0 Å². The SMILES string of the molecule is CCCCCCCCCCOC(CO)COC(=O)CCCCCCCCC. The predicted octanol–water partition coefficient (Wildman–Crippen LogP) is 6.19. The van der Waals surface area contributed by atoms with Crippen LogP contribution < -0.4 is 0 Å². The lowest BCUT2D eigenvalue weighted by Gasteiger charge is -2.15. The van der Waals surface area contributed by atoms with Gasteiger partial charge in [-0.1, -0.05) is 97.3 Å². The Balaban J connectivity index is 3.47. The molecule has 1 atom stereocenters. The van der Waals surface area contributed by atoms with Crippen LogP contribution in [0.1, 0.15) is 117 Å². The molecule has 0 aliphatic heterocycles. The first kappa shape index (κ1) is 26.4. The number of hydrogen-bond acceptors (Lipinski definition) is 4. The van der Waals surface area contributed by atoms with E-state index in [2.05, 4.69) is 13.8 Å². The van der Waals surface area contributed by atoms with Crippen molar-refractivity contribution in [1.82, 2.24) is 0 Å². The van der Waals surface area contributed by atoms with Crippen molar-refractivity contribution < 1.29 is 19.4 Å². The Bertz CT molecular complexity index is 307. The van der Waals surface area contributed by atoms with Crippen molar-refractivity contribution in [3.05, 3.63) is 0 Å². The van der Waals surface area contributed by atoms with Crippen molar-refractivity contribution in [1.29, 1.82) is 0 Å². The fourth-order valence-electron chi connectivity index (χ4n) is 3.12. The number of unbranched alkanes of at least 4 members (excludes halogenated alkanes) is 13. The molecule has 4 nitrogen and oxygen atoms in total. The van der Waals surface area contributed by atoms with Gasteiger partial charge in [0.15, 0.2) is 0 Å². The predicted molar refractivity (Wildman–Crippen MR) is 113 cm³/mol. The molecule has 27 heavy (non-hydrogen) atoms. The monoisotopic (exact) mass is 386 g/mol. The minimum absolute atomic E-state index is 0.0955. The fraction of sp³-hybridized carbons (Fsp3) is 0.957. The summed E-state index contributed by atoms with van der Waals surface area (Å²) in [5.74, 6) is -0.169. The summed E-state index contributed by atoms with van der Waals surface area (Å²) < 4.78 is 10.9. The number of carbonyl (C=O) groups excluding carboxylic acids is 1. The quantitative estimate of drug-likeness (QED) is 0.189. The van der Waals surface area contributed by atoms with E-state index in [0.717, 1.165) is 19.3 Å². The number of carbonyl (C=O) groups is 1. The highest BCUT2D eigenvalue weighted by Gasteiger charge is 2.11. The third-order valence-electron chi connectivity index (χ3n) is 4.97. The van der Waals surface area contributed by atoms with Crippen molar-refractivity contribution in [2.45, 2.75) is 123 Å². The van der Waals surface area contributed by atoms with Gasteiger partial charge in [-0.2, -0.15) is 0 Å². The minimum Gasteiger partial charge on any atom is -0.463 e. The molecule has 0 rings (SSSR count). The number of esters is 1. The van der Waals surface area contributed by atoms with Gasteiger partial charge in [0.1, 0.15) is 12.7 Å². The molecule has 0 fully saturated rings. The van der Waals surface area contributed by atoms with Crippen molar-refractivity contribution in [3.8, 4) is 0 Å². The summed E-state index contributed by atoms with van der Waals surface area (Å²) in [7, 11) is 0. The van der Waals surface area contributed by atoms with Gasteiger partial charge in [0.05, 0.1) is 6.61 Å². The molecule has 0 bridgehead atoms. The molecular weight excluding hydrogens is 340 g/mol. The Morgan fingerprint density at radius 2 is 1.22 bits per heavy atom. The van der Waals surface area contributed by atoms with Crippen LogP contribution in [0.25, 0.3) is 0 Å². The highest BCUT2D eigenvalue weighted by Crippen LogP contribution is 2.10. The van der Waals surface area contributed by atoms with Crippen molar-refractivity contribution >= 4 is 5.97 Å². The van der Waals surface area contributed by atoms with E-state index < -0.39 is 0 Å². The summed E-state index contributed by atoms with van der Waals surface area (Å²) in [6.07, 6.45) is 18.5. The smallest absolute Gasteiger partial charge is 0.305 e. The summed E-state index contributed by atoms with van der Waals surface area (Å²) in [5.41, 5.74) is 0. The first-order valence-corrected chi connectivity index (χ1v) is 11.6. The molecular formula is C23H46O4. The lowest BCUT2D eigenvalue weighted by Crippen LogP contribution is -2.26. The Hall–Kier alpha value is -0.610. The highest BCUT2D eigenvalue weighted by molar-refractivity contribution is 5.69. The van der Waals surface area contributed by atoms with Gasteiger partial charge in [0, 0.05) is 13.0 Å². The van der Waals surface area contributed by atoms with E-state index >= 15 is 0 Å². The van der Waals surface area contributed by atoms with Crippen LogP contribution in [0.3, 0.4) is 0 Å². The van der Waals surface area contributed by atoms with Gasteiger partial charge in [-0.15, -0.1) is 0 Å². The first-order valence-electron chi connectivity index (χ1n) is 11.6. The average Bonchev–Trinajstić information content (AvgIpc) is 2.68. The first-order chi connectivity index (χ1) is 13.2. The molecule has 0 amide bonds. The van der Waals surface area contributed by atoms with Crippen LogP contribution in [0.2, 0.25) is 0 Å². The molecule has 0 spiro atoms. The van der Waals surface area contributed by atoms with E-state index in [4.69, 9.17) is 9.47 Å². The molecule has 1 unspecified atom stereocenters. The fourth-order valence-corrected chi connectivity index (χ4v) is 3.12. The second-order valence-corrected chi connectivity index (χ2v) is 7.70. The zero-order valence-corrected chi connectivity index (χ0v) is 18.2. The van der Waals surface area contributed by atoms with E-state index in [0.29, 0.717) is 13.0 Å². The lowest BCUT2D eigenvalue weighted by molar-refractivity contribution is -0.149. The van der Waals surface area contributed by atoms with Gasteiger partial charge in [0.2, 0.25) is 0 Å². The van der Waals surface area contributed by atoms with Gasteiger partial charge in [-0.3, -0.25) is 4.79 Å². The molecule has 0 aliphatic rings. The van der Waals surface area contributed by atoms with Crippen LogP contribution >= 0.6 is 0 Å². The van der Waals surface area contributed by atoms with Crippen molar-refractivity contribution in [3.63, 3.8) is 0 Å². The third kappa shape index (κ3) is 19.9. The molecule has 1 N–H and O–H groups in total. The minimum atomic E-state index is -0.382. The Kier molecular flexibility index (Phi) is 21.2. The van der Waals surface area contributed by atoms with Crippen LogP contribution in [0.5, 0.6) is 0 Å². The standard InChI is InChI=1S/C23H46O4/c1-3-5-7-9-11-13-15-17-19-26-22(20-24)21-27-23(25)18-16-14-12-10-8-6-4-2/h22,24H,3-21H2,1-2H3. The van der Waals surface area contributed by atoms with E-state index in [1.807, 2.05) is 0 Å². The molecule has 4 heteroatoms. The molecule has 162 valence electrons. The lowest BCUT2D eigenvalue weighted by atomic mass is 10.1. The largest absolute Gasteiger partial charge is 0.463 e. The third-order valence-corrected chi connectivity index (χ3v) is 4.97. The average molecular weight is 387 g/mol. The van der Waals surface area contributed by atoms with Crippen LogP contribution in [0.15, 0.2) is 0 Å². The maximum atomic E-state index is 11.8. The van der Waals surface area contributed by atoms with E-state index in [1.165, 1.54) is 77.0 Å². The molecule has 0 aromatic rings. The maximum absolute atomic E-state index is 11.8. The summed E-state index contributed by atoms with van der Waals surface area (Å²) in [6, 6.07) is 0. The summed E-state index contributed by atoms with van der Waals surface area (Å²) >= 11 is 0. The van der Waals surface area contributed by atoms with E-state index in [1.54, 1.807) is 0 Å². The summed E-state index contributed by atoms with van der Waals surface area (Å²) in [4.78, 5) is 11.8. The van der Waals surface area contributed by atoms with Crippen LogP contribution in [-0.4, -0.2) is 37.0 Å². The number of rotatable bonds is 21. The summed E-state index contributed by atoms with van der Waals surface area (Å²) in [5, 5.41) is 9.36. The Morgan fingerprint density at radius 1 is 0.741 bits per heavy atom. The molecule has 0 radical (unpaired) electrons. The van der Waals surface area contributed by atoms with Gasteiger partial charge >= 0.3 is 5.97 Å². The summed E-state index contributed by atoms with van der Waals surface area (Å²) in [6.45, 7) is 5.16. The van der Waals surface area contributed by atoms with Gasteiger partial charge < -0.3 is 14.6 Å². The van der Waals surface area contributed by atoms with Crippen molar-refractivity contribution in [2.24, 2.45) is 0 Å². The molecule has 0 saturated carbocycles. The zero-order chi connectivity index (χ0) is 20.0. The maximum Gasteiger partial charge on any atom is 0.305 e. The number of ether oxygens (including phenoxy) is 2. The van der Waals surface area contributed by atoms with Crippen LogP contribution in [0.4, 0.5) is 0 Å². The van der Waals surface area contributed by atoms with E-state index in [-0.39, 0.29) is 25.3 Å². The molecule has 0 aromatic heterocycles. The van der Waals surface area contributed by atoms with E-state index in [9.17, 15) is 9.90 Å². The molecule has 0 saturated heterocycles. The van der Waals surface area contributed by atoms with Gasteiger partial charge in [-0.05, 0) is 12.8 Å². The Morgan fingerprint density at radius 3 is 1.74 bits per heavy atom. The molecule has 0 aromatic carbocycles. The molecule has 0 aliphatic carbocycles.